The van der Waals surface area contributed by atoms with Crippen LogP contribution in [0.15, 0.2) is 29.5 Å². The zero-order valence-electron chi connectivity index (χ0n) is 13.7. The van der Waals surface area contributed by atoms with Gasteiger partial charge in [0.25, 0.3) is 5.91 Å². The maximum absolute atomic E-state index is 12.0. The van der Waals surface area contributed by atoms with E-state index < -0.39 is 0 Å². The molecule has 5 rings (SSSR count). The number of ether oxygens (including phenoxy) is 1. The van der Waals surface area contributed by atoms with Crippen LogP contribution in [-0.4, -0.2) is 42.0 Å². The Morgan fingerprint density at radius 2 is 2.21 bits per heavy atom. The third-order valence-corrected chi connectivity index (χ3v) is 5.32. The molecule has 3 aliphatic rings. The molecule has 4 heterocycles. The Kier molecular flexibility index (Phi) is 2.60. The number of rotatable bonds is 1. The van der Waals surface area contributed by atoms with E-state index >= 15 is 0 Å². The van der Waals surface area contributed by atoms with Crippen LogP contribution in [-0.2, 0) is 10.3 Å². The summed E-state index contributed by atoms with van der Waals surface area (Å²) in [7, 11) is 0. The van der Waals surface area contributed by atoms with Crippen molar-refractivity contribution >= 4 is 28.3 Å². The van der Waals surface area contributed by atoms with Gasteiger partial charge in [-0.15, -0.1) is 0 Å². The molecule has 1 unspecified atom stereocenters. The lowest BCUT2D eigenvalue weighted by Crippen LogP contribution is -2.58. The van der Waals surface area contributed by atoms with E-state index in [1.54, 1.807) is 0 Å². The Bertz CT molecular complexity index is 896. The van der Waals surface area contributed by atoms with Crippen LogP contribution < -0.4 is 20.4 Å². The van der Waals surface area contributed by atoms with E-state index in [0.717, 1.165) is 41.3 Å². The van der Waals surface area contributed by atoms with Gasteiger partial charge in [-0.3, -0.25) is 4.79 Å². The summed E-state index contributed by atoms with van der Waals surface area (Å²) < 4.78 is 8.19. The summed E-state index contributed by atoms with van der Waals surface area (Å²) in [6, 6.07) is 6.00. The summed E-state index contributed by atoms with van der Waals surface area (Å²) in [5.74, 6) is 1.44. The van der Waals surface area contributed by atoms with Crippen LogP contribution in [0.2, 0.25) is 0 Å². The van der Waals surface area contributed by atoms with Gasteiger partial charge in [0.05, 0.1) is 16.7 Å². The van der Waals surface area contributed by atoms with E-state index in [4.69, 9.17) is 4.74 Å². The van der Waals surface area contributed by atoms with Crippen LogP contribution in [0, 0.1) is 0 Å². The lowest BCUT2D eigenvalue weighted by Gasteiger charge is -2.42. The van der Waals surface area contributed by atoms with Crippen molar-refractivity contribution in [3.05, 3.63) is 24.4 Å². The van der Waals surface area contributed by atoms with Gasteiger partial charge in [0.2, 0.25) is 0 Å². The van der Waals surface area contributed by atoms with Gasteiger partial charge >= 0.3 is 0 Å². The minimum Gasteiger partial charge on any atom is -0.483 e. The SMILES string of the molecule is CC1C(=O)NN=C2COc3cc4ccn(C5(C)CNC5)c4cc3N21. The van der Waals surface area contributed by atoms with Gasteiger partial charge < -0.3 is 19.5 Å². The van der Waals surface area contributed by atoms with Gasteiger partial charge in [-0.1, -0.05) is 0 Å². The molecule has 2 aromatic rings. The molecule has 2 N–H and O–H groups in total. The number of hydrazone groups is 1. The fourth-order valence-electron chi connectivity index (χ4n) is 3.78. The molecule has 7 heteroatoms. The molecule has 0 radical (unpaired) electrons. The highest BCUT2D eigenvalue weighted by molar-refractivity contribution is 6.10. The Morgan fingerprint density at radius 1 is 1.38 bits per heavy atom. The topological polar surface area (TPSA) is 70.9 Å². The van der Waals surface area contributed by atoms with Crippen molar-refractivity contribution in [2.75, 3.05) is 24.6 Å². The Morgan fingerprint density at radius 3 is 2.96 bits per heavy atom. The molecular weight excluding hydrogens is 306 g/mol. The number of carbonyl (C=O) groups is 1. The highest BCUT2D eigenvalue weighted by atomic mass is 16.5. The lowest BCUT2D eigenvalue weighted by molar-refractivity contribution is -0.122. The first-order valence-corrected chi connectivity index (χ1v) is 8.22. The van der Waals surface area contributed by atoms with Gasteiger partial charge in [0, 0.05) is 24.7 Å². The van der Waals surface area contributed by atoms with E-state index in [1.807, 2.05) is 11.8 Å². The molecule has 7 nitrogen and oxygen atoms in total. The van der Waals surface area contributed by atoms with Crippen molar-refractivity contribution in [3.63, 3.8) is 0 Å². The predicted octanol–water partition coefficient (Wildman–Crippen LogP) is 0.990. The van der Waals surface area contributed by atoms with E-state index in [1.165, 1.54) is 0 Å². The number of fused-ring (bicyclic) bond motifs is 4. The number of hydrogen-bond donors (Lipinski definition) is 2. The van der Waals surface area contributed by atoms with Gasteiger partial charge in [-0.25, -0.2) is 5.43 Å². The highest BCUT2D eigenvalue weighted by Gasteiger charge is 2.37. The number of aromatic nitrogens is 1. The third-order valence-electron chi connectivity index (χ3n) is 5.32. The van der Waals surface area contributed by atoms with Crippen LogP contribution in [0.1, 0.15) is 13.8 Å². The lowest BCUT2D eigenvalue weighted by atomic mass is 9.94. The fourth-order valence-corrected chi connectivity index (χ4v) is 3.78. The van der Waals surface area contributed by atoms with Crippen LogP contribution in [0.4, 0.5) is 5.69 Å². The monoisotopic (exact) mass is 325 g/mol. The number of nitrogens with one attached hydrogen (secondary N) is 2. The van der Waals surface area contributed by atoms with E-state index in [2.05, 4.69) is 51.7 Å². The van der Waals surface area contributed by atoms with E-state index in [0.29, 0.717) is 6.61 Å². The van der Waals surface area contributed by atoms with Crippen molar-refractivity contribution in [2.24, 2.45) is 5.10 Å². The number of amides is 1. The first kappa shape index (κ1) is 13.9. The molecule has 1 atom stereocenters. The molecule has 0 aliphatic carbocycles. The van der Waals surface area contributed by atoms with Crippen molar-refractivity contribution < 1.29 is 9.53 Å². The van der Waals surface area contributed by atoms with Crippen molar-refractivity contribution in [1.29, 1.82) is 0 Å². The first-order chi connectivity index (χ1) is 11.6. The largest absolute Gasteiger partial charge is 0.483 e. The molecule has 0 spiro atoms. The highest BCUT2D eigenvalue weighted by Crippen LogP contribution is 2.40. The number of anilines is 1. The predicted molar refractivity (Wildman–Crippen MR) is 91.5 cm³/mol. The van der Waals surface area contributed by atoms with Crippen LogP contribution >= 0.6 is 0 Å². The average molecular weight is 325 g/mol. The standard InChI is InChI=1S/C17H19N5O2/c1-10-16(23)20-19-15-7-24-14-5-11-3-4-21(17(2)8-18-9-17)12(11)6-13(14)22(10)15/h3-6,10,18H,7-9H2,1-2H3,(H,20,23). The molecule has 1 amide bonds. The molecule has 1 saturated heterocycles. The fraction of sp³-hybridized carbons (Fsp3) is 0.412. The third kappa shape index (κ3) is 1.70. The number of amidine groups is 1. The molecule has 1 fully saturated rings. The molecule has 24 heavy (non-hydrogen) atoms. The zero-order chi connectivity index (χ0) is 16.5. The van der Waals surface area contributed by atoms with Crippen molar-refractivity contribution in [1.82, 2.24) is 15.3 Å². The van der Waals surface area contributed by atoms with E-state index in [9.17, 15) is 4.79 Å². The Hall–Kier alpha value is -2.54. The van der Waals surface area contributed by atoms with Gasteiger partial charge in [-0.05, 0) is 32.0 Å². The van der Waals surface area contributed by atoms with Crippen LogP contribution in [0.3, 0.4) is 0 Å². The molecule has 1 aromatic heterocycles. The summed E-state index contributed by atoms with van der Waals surface area (Å²) in [4.78, 5) is 14.0. The minimum atomic E-state index is -0.304. The number of benzene rings is 1. The Labute approximate surface area is 139 Å². The van der Waals surface area contributed by atoms with Crippen molar-refractivity contribution in [3.8, 4) is 5.75 Å². The molecular formula is C17H19N5O2. The summed E-state index contributed by atoms with van der Waals surface area (Å²) in [5, 5.41) is 8.65. The van der Waals surface area contributed by atoms with Gasteiger partial charge in [0.15, 0.2) is 5.84 Å². The first-order valence-electron chi connectivity index (χ1n) is 8.22. The molecule has 0 bridgehead atoms. The van der Waals surface area contributed by atoms with Crippen LogP contribution in [0.25, 0.3) is 10.9 Å². The average Bonchev–Trinajstić information content (AvgIpc) is 2.97. The Balaban J connectivity index is 1.70. The summed E-state index contributed by atoms with van der Waals surface area (Å²) in [6.07, 6.45) is 2.14. The minimum absolute atomic E-state index is 0.0906. The number of nitrogens with zero attached hydrogens (tertiary/aromatic N) is 3. The molecule has 3 aliphatic heterocycles. The zero-order valence-corrected chi connectivity index (χ0v) is 13.7. The van der Waals surface area contributed by atoms with E-state index in [-0.39, 0.29) is 17.5 Å². The smallest absolute Gasteiger partial charge is 0.262 e. The van der Waals surface area contributed by atoms with Gasteiger partial charge in [-0.2, -0.15) is 5.10 Å². The van der Waals surface area contributed by atoms with Gasteiger partial charge in [0.1, 0.15) is 18.4 Å². The maximum atomic E-state index is 12.0. The summed E-state index contributed by atoms with van der Waals surface area (Å²) in [5.41, 5.74) is 4.71. The second kappa shape index (κ2) is 4.51. The summed E-state index contributed by atoms with van der Waals surface area (Å²) in [6.45, 7) is 6.42. The normalized spacial score (nSPS) is 24.4. The molecule has 1 aromatic carbocycles. The maximum Gasteiger partial charge on any atom is 0.262 e. The second-order valence-corrected chi connectivity index (χ2v) is 7.00. The second-order valence-electron chi connectivity index (χ2n) is 7.00. The number of hydrogen-bond acceptors (Lipinski definition) is 5. The quantitative estimate of drug-likeness (QED) is 0.820. The number of carbonyl (C=O) groups excluding carboxylic acids is 1. The molecule has 0 saturated carbocycles. The summed E-state index contributed by atoms with van der Waals surface area (Å²) >= 11 is 0. The van der Waals surface area contributed by atoms with Crippen molar-refractivity contribution in [2.45, 2.75) is 25.4 Å². The molecule has 124 valence electrons. The van der Waals surface area contributed by atoms with Crippen LogP contribution in [0.5, 0.6) is 5.75 Å².